The molecular formula is C17H24BrClN4OS. The summed E-state index contributed by atoms with van der Waals surface area (Å²) in [5.74, 6) is 1.09. The number of aromatic amines is 1. The van der Waals surface area contributed by atoms with E-state index in [1.807, 2.05) is 18.5 Å². The van der Waals surface area contributed by atoms with Crippen LogP contribution in [0.4, 0.5) is 0 Å². The number of H-pyrrole nitrogens is 1. The molecule has 1 N–H and O–H groups in total. The summed E-state index contributed by atoms with van der Waals surface area (Å²) in [7, 11) is -1.54. The van der Waals surface area contributed by atoms with Gasteiger partial charge in [-0.15, -0.1) is 0 Å². The van der Waals surface area contributed by atoms with Crippen LogP contribution in [0.25, 0.3) is 22.0 Å². The van der Waals surface area contributed by atoms with Gasteiger partial charge in [-0.25, -0.2) is 9.67 Å². The van der Waals surface area contributed by atoms with Gasteiger partial charge in [0.25, 0.3) is 0 Å². The van der Waals surface area contributed by atoms with Gasteiger partial charge in [0.05, 0.1) is 18.3 Å². The van der Waals surface area contributed by atoms with Crippen LogP contribution in [0.15, 0.2) is 29.3 Å². The average molecular weight is 448 g/mol. The van der Waals surface area contributed by atoms with Crippen molar-refractivity contribution in [3.63, 3.8) is 0 Å². The molecule has 3 aromatic rings. The predicted molar refractivity (Wildman–Crippen MR) is 114 cm³/mol. The van der Waals surface area contributed by atoms with E-state index in [0.717, 1.165) is 39.0 Å². The number of hydrogen-bond acceptors (Lipinski definition) is 3. The first-order valence-corrected chi connectivity index (χ1v) is 13.4. The fourth-order valence-electron chi connectivity index (χ4n) is 2.45. The smallest absolute Gasteiger partial charge is 0.159 e. The zero-order valence-electron chi connectivity index (χ0n) is 14.9. The summed E-state index contributed by atoms with van der Waals surface area (Å²) in [5, 5.41) is 5.89. The lowest BCUT2D eigenvalue weighted by Gasteiger charge is -2.46. The van der Waals surface area contributed by atoms with Crippen LogP contribution in [0.5, 0.6) is 0 Å². The summed E-state index contributed by atoms with van der Waals surface area (Å²) in [4.78, 5) is 7.45. The molecule has 0 amide bonds. The first kappa shape index (κ1) is 18.8. The number of ether oxygens (including phenoxy) is 1. The summed E-state index contributed by atoms with van der Waals surface area (Å²) in [6, 6.07) is 1.97. The molecule has 0 aliphatic heterocycles. The third-order valence-corrected chi connectivity index (χ3v) is 6.58. The minimum absolute atomic E-state index is 0.403. The van der Waals surface area contributed by atoms with Crippen LogP contribution >= 0.6 is 36.7 Å². The number of pyridine rings is 1. The summed E-state index contributed by atoms with van der Waals surface area (Å²) >= 11 is 9.78. The molecule has 0 aliphatic rings. The molecule has 3 heterocycles. The minimum Gasteiger partial charge on any atom is -0.359 e. The SMILES string of the molecule is C[SH](C)(C)(C)CCOCn1cc(-c2c[nH]c3cnc(Br)cc23)c(Cl)n1. The van der Waals surface area contributed by atoms with Crippen molar-refractivity contribution in [1.82, 2.24) is 19.7 Å². The van der Waals surface area contributed by atoms with Crippen LogP contribution in [-0.4, -0.2) is 57.1 Å². The third-order valence-electron chi connectivity index (χ3n) is 3.89. The van der Waals surface area contributed by atoms with Crippen molar-refractivity contribution in [2.45, 2.75) is 6.73 Å². The number of fused-ring (bicyclic) bond motifs is 1. The zero-order chi connectivity index (χ0) is 18.3. The van der Waals surface area contributed by atoms with Crippen LogP contribution < -0.4 is 0 Å². The molecule has 0 fully saturated rings. The van der Waals surface area contributed by atoms with Gasteiger partial charge in [-0.1, -0.05) is 11.6 Å². The van der Waals surface area contributed by atoms with E-state index in [9.17, 15) is 0 Å². The third kappa shape index (κ3) is 4.78. The highest BCUT2D eigenvalue weighted by Gasteiger charge is 2.18. The van der Waals surface area contributed by atoms with Crippen LogP contribution in [-0.2, 0) is 11.5 Å². The summed E-state index contributed by atoms with van der Waals surface area (Å²) < 4.78 is 8.34. The van der Waals surface area contributed by atoms with Crippen LogP contribution in [0.1, 0.15) is 0 Å². The van der Waals surface area contributed by atoms with Crippen molar-refractivity contribution in [2.24, 2.45) is 0 Å². The first-order chi connectivity index (χ1) is 11.6. The predicted octanol–water partition coefficient (Wildman–Crippen LogP) is 4.41. The van der Waals surface area contributed by atoms with E-state index in [-0.39, 0.29) is 0 Å². The van der Waals surface area contributed by atoms with Crippen molar-refractivity contribution in [1.29, 1.82) is 0 Å². The van der Waals surface area contributed by atoms with E-state index in [0.29, 0.717) is 11.9 Å². The van der Waals surface area contributed by atoms with Gasteiger partial charge in [-0.05, 0) is 52.8 Å². The maximum atomic E-state index is 6.36. The van der Waals surface area contributed by atoms with Crippen molar-refractivity contribution in [3.8, 4) is 11.1 Å². The highest BCUT2D eigenvalue weighted by atomic mass is 79.9. The van der Waals surface area contributed by atoms with E-state index in [1.165, 1.54) is 0 Å². The Hall–Kier alpha value is -1.02. The standard InChI is InChI=1S/C17H24BrClN4OS/c1-25(2,3,4)6-5-24-11-23-10-14(17(19)22-23)13-8-20-15-9-21-16(18)7-12(13)15/h7-10,20,25H,5-6,11H2,1-4H3. The van der Waals surface area contributed by atoms with Crippen molar-refractivity contribution >= 4 is 47.6 Å². The molecule has 5 nitrogen and oxygen atoms in total. The van der Waals surface area contributed by atoms with Gasteiger partial charge < -0.3 is 9.72 Å². The van der Waals surface area contributed by atoms with Crippen molar-refractivity contribution in [2.75, 3.05) is 37.4 Å². The van der Waals surface area contributed by atoms with E-state index >= 15 is 0 Å². The average Bonchev–Trinajstić information content (AvgIpc) is 3.05. The number of nitrogens with one attached hydrogen (secondary N) is 1. The van der Waals surface area contributed by atoms with E-state index in [2.05, 4.69) is 56.0 Å². The number of aromatic nitrogens is 4. The molecule has 0 saturated heterocycles. The molecule has 0 aromatic carbocycles. The Balaban J connectivity index is 1.75. The van der Waals surface area contributed by atoms with Gasteiger partial charge in [-0.2, -0.15) is 5.10 Å². The van der Waals surface area contributed by atoms with Gasteiger partial charge in [0.15, 0.2) is 5.15 Å². The molecule has 0 radical (unpaired) electrons. The van der Waals surface area contributed by atoms with E-state index < -0.39 is 9.16 Å². The molecule has 0 unspecified atom stereocenters. The molecule has 3 aromatic heterocycles. The molecule has 3 rings (SSSR count). The fourth-order valence-corrected chi connectivity index (χ4v) is 3.89. The maximum Gasteiger partial charge on any atom is 0.159 e. The Morgan fingerprint density at radius 3 is 2.76 bits per heavy atom. The monoisotopic (exact) mass is 446 g/mol. The molecule has 0 atom stereocenters. The van der Waals surface area contributed by atoms with Gasteiger partial charge >= 0.3 is 0 Å². The molecule has 138 valence electrons. The second-order valence-electron chi connectivity index (χ2n) is 8.34. The molecule has 0 aliphatic carbocycles. The molecule has 0 saturated carbocycles. The normalized spacial score (nSPS) is 13.9. The van der Waals surface area contributed by atoms with Gasteiger partial charge in [0.2, 0.25) is 0 Å². The largest absolute Gasteiger partial charge is 0.359 e. The van der Waals surface area contributed by atoms with Crippen molar-refractivity contribution < 1.29 is 4.74 Å². The Labute approximate surface area is 161 Å². The number of hydrogen-bond donors (Lipinski definition) is 2. The van der Waals surface area contributed by atoms with Crippen LogP contribution in [0.3, 0.4) is 0 Å². The summed E-state index contributed by atoms with van der Waals surface area (Å²) in [5.41, 5.74) is 2.84. The van der Waals surface area contributed by atoms with Crippen molar-refractivity contribution in [3.05, 3.63) is 34.4 Å². The topological polar surface area (TPSA) is 55.7 Å². The number of halogens is 2. The van der Waals surface area contributed by atoms with E-state index in [1.54, 1.807) is 10.9 Å². The molecule has 25 heavy (non-hydrogen) atoms. The summed E-state index contributed by atoms with van der Waals surface area (Å²) in [6.07, 6.45) is 15.0. The van der Waals surface area contributed by atoms with Crippen LogP contribution in [0.2, 0.25) is 5.15 Å². The first-order valence-electron chi connectivity index (χ1n) is 8.02. The zero-order valence-corrected chi connectivity index (χ0v) is 18.1. The number of thiol groups is 1. The minimum atomic E-state index is -1.54. The van der Waals surface area contributed by atoms with Gasteiger partial charge in [0, 0.05) is 28.9 Å². The van der Waals surface area contributed by atoms with Gasteiger partial charge in [-0.3, -0.25) is 9.16 Å². The van der Waals surface area contributed by atoms with Crippen LogP contribution in [0, 0.1) is 0 Å². The molecule has 8 heteroatoms. The fraction of sp³-hybridized carbons (Fsp3) is 0.412. The Kier molecular flexibility index (Phi) is 4.96. The highest BCUT2D eigenvalue weighted by molar-refractivity contribution is 9.10. The Morgan fingerprint density at radius 2 is 2.04 bits per heavy atom. The molecule has 0 spiro atoms. The highest BCUT2D eigenvalue weighted by Crippen LogP contribution is 2.54. The Morgan fingerprint density at radius 1 is 1.28 bits per heavy atom. The lowest BCUT2D eigenvalue weighted by molar-refractivity contribution is 0.0808. The lowest BCUT2D eigenvalue weighted by atomic mass is 10.1. The second kappa shape index (κ2) is 6.61. The molecule has 0 bridgehead atoms. The quantitative estimate of drug-likeness (QED) is 0.334. The molecular weight excluding hydrogens is 424 g/mol. The Bertz CT molecular complexity index is 903. The van der Waals surface area contributed by atoms with Gasteiger partial charge in [0.1, 0.15) is 11.3 Å². The second-order valence-corrected chi connectivity index (χ2v) is 17.9. The lowest BCUT2D eigenvalue weighted by Crippen LogP contribution is -2.20. The number of rotatable bonds is 6. The number of nitrogens with zero attached hydrogens (tertiary/aromatic N) is 3. The maximum absolute atomic E-state index is 6.36. The summed E-state index contributed by atoms with van der Waals surface area (Å²) in [6.45, 7) is 1.14. The van der Waals surface area contributed by atoms with E-state index in [4.69, 9.17) is 16.3 Å².